The first-order chi connectivity index (χ1) is 14.5. The van der Waals surface area contributed by atoms with Crippen LogP contribution in [0.15, 0.2) is 36.5 Å². The fraction of sp³-hybridized carbons (Fsp3) is 0.300. The highest BCUT2D eigenvalue weighted by Gasteiger charge is 2.39. The molecule has 2 amide bonds. The van der Waals surface area contributed by atoms with E-state index in [9.17, 15) is 14.0 Å². The van der Waals surface area contributed by atoms with Gasteiger partial charge in [0.1, 0.15) is 6.17 Å². The lowest BCUT2D eigenvalue weighted by Crippen LogP contribution is -2.28. The van der Waals surface area contributed by atoms with E-state index in [1.165, 1.54) is 10.7 Å². The molecule has 0 unspecified atom stereocenters. The third kappa shape index (κ3) is 3.88. The van der Waals surface area contributed by atoms with Crippen LogP contribution in [0, 0.1) is 0 Å². The van der Waals surface area contributed by atoms with Crippen molar-refractivity contribution in [1.82, 2.24) is 25.2 Å². The molecule has 9 nitrogen and oxygen atoms in total. The predicted molar refractivity (Wildman–Crippen MR) is 111 cm³/mol. The highest BCUT2D eigenvalue weighted by atomic mass is 19.1. The van der Waals surface area contributed by atoms with Gasteiger partial charge in [0.2, 0.25) is 5.91 Å². The number of benzene rings is 1. The molecule has 0 spiro atoms. The Morgan fingerprint density at radius 2 is 2.00 bits per heavy atom. The molecule has 2 aromatic heterocycles. The summed E-state index contributed by atoms with van der Waals surface area (Å²) in [5, 5.41) is 16.0. The van der Waals surface area contributed by atoms with E-state index in [1.807, 2.05) is 24.3 Å². The van der Waals surface area contributed by atoms with Crippen LogP contribution in [0.3, 0.4) is 0 Å². The van der Waals surface area contributed by atoms with Gasteiger partial charge in [-0.1, -0.05) is 18.2 Å². The smallest absolute Gasteiger partial charge is 0.271 e. The fourth-order valence-electron chi connectivity index (χ4n) is 3.12. The summed E-state index contributed by atoms with van der Waals surface area (Å²) < 4.78 is 14.6. The third-order valence-electron chi connectivity index (χ3n) is 4.91. The van der Waals surface area contributed by atoms with E-state index in [-0.39, 0.29) is 18.0 Å². The van der Waals surface area contributed by atoms with Gasteiger partial charge in [0.25, 0.3) is 5.91 Å². The van der Waals surface area contributed by atoms with Gasteiger partial charge in [-0.2, -0.15) is 0 Å². The highest BCUT2D eigenvalue weighted by molar-refractivity contribution is 5.94. The predicted octanol–water partition coefficient (Wildman–Crippen LogP) is 1.64. The van der Waals surface area contributed by atoms with Crippen LogP contribution in [-0.4, -0.2) is 52.7 Å². The zero-order valence-electron chi connectivity index (χ0n) is 16.6. The molecule has 4 rings (SSSR count). The molecule has 1 aliphatic carbocycles. The Balaban J connectivity index is 1.67. The number of aromatic nitrogens is 3. The Kier molecular flexibility index (Phi) is 5.21. The van der Waals surface area contributed by atoms with Crippen LogP contribution in [0.2, 0.25) is 0 Å². The number of likely N-dealkylation sites (N-methyl/N-ethyl adjacent to an activating group) is 1. The number of nitrogens with zero attached hydrogens (tertiary/aromatic N) is 3. The number of hydrogen-bond donors (Lipinski definition) is 4. The molecule has 10 heteroatoms. The maximum absolute atomic E-state index is 13.2. The number of carbonyl (C=O) groups excluding carboxylic acids is 2. The van der Waals surface area contributed by atoms with Crippen LogP contribution in [0.4, 0.5) is 21.6 Å². The van der Waals surface area contributed by atoms with Gasteiger partial charge in [-0.25, -0.2) is 13.9 Å². The first-order valence-electron chi connectivity index (χ1n) is 9.57. The second-order valence-electron chi connectivity index (χ2n) is 7.04. The Morgan fingerprint density at radius 3 is 2.70 bits per heavy atom. The van der Waals surface area contributed by atoms with Gasteiger partial charge >= 0.3 is 0 Å². The zero-order valence-corrected chi connectivity index (χ0v) is 16.6. The van der Waals surface area contributed by atoms with Gasteiger partial charge < -0.3 is 21.3 Å². The van der Waals surface area contributed by atoms with E-state index >= 15 is 0 Å². The molecule has 30 heavy (non-hydrogen) atoms. The monoisotopic (exact) mass is 411 g/mol. The molecule has 2 heterocycles. The summed E-state index contributed by atoms with van der Waals surface area (Å²) in [7, 11) is 3.33. The quantitative estimate of drug-likeness (QED) is 0.470. The van der Waals surface area contributed by atoms with E-state index in [1.54, 1.807) is 20.2 Å². The first-order valence-corrected chi connectivity index (χ1v) is 9.57. The molecule has 1 aromatic carbocycles. The lowest BCUT2D eigenvalue weighted by atomic mass is 10.1. The molecule has 1 fully saturated rings. The summed E-state index contributed by atoms with van der Waals surface area (Å²) in [6.07, 6.45) is 0.957. The fourth-order valence-corrected chi connectivity index (χ4v) is 3.12. The number of carbonyl (C=O) groups is 2. The normalized spacial score (nSPS) is 17.4. The number of anilines is 3. The molecular formula is C20H22FN7O2. The number of rotatable bonds is 7. The molecule has 0 bridgehead atoms. The summed E-state index contributed by atoms with van der Waals surface area (Å²) >= 11 is 0. The molecule has 2 atom stereocenters. The van der Waals surface area contributed by atoms with E-state index in [4.69, 9.17) is 0 Å². The summed E-state index contributed by atoms with van der Waals surface area (Å²) in [6, 6.07) is 8.72. The van der Waals surface area contributed by atoms with Crippen molar-refractivity contribution in [2.24, 2.45) is 0 Å². The molecular weight excluding hydrogens is 389 g/mol. The summed E-state index contributed by atoms with van der Waals surface area (Å²) in [6.45, 7) is 0. The van der Waals surface area contributed by atoms with E-state index in [0.717, 1.165) is 11.3 Å². The molecule has 1 aliphatic rings. The number of halogens is 1. The van der Waals surface area contributed by atoms with Crippen molar-refractivity contribution < 1.29 is 14.0 Å². The highest BCUT2D eigenvalue weighted by Crippen LogP contribution is 2.27. The van der Waals surface area contributed by atoms with Crippen LogP contribution in [0.1, 0.15) is 22.5 Å². The maximum atomic E-state index is 13.2. The van der Waals surface area contributed by atoms with Crippen LogP contribution in [0.25, 0.3) is 5.65 Å². The number of alkyl halides is 1. The van der Waals surface area contributed by atoms with E-state index in [0.29, 0.717) is 23.6 Å². The minimum Gasteiger partial charge on any atom is -0.385 e. The first kappa shape index (κ1) is 19.6. The van der Waals surface area contributed by atoms with E-state index < -0.39 is 18.1 Å². The number of para-hydroxylation sites is 1. The number of imidazole rings is 1. The van der Waals surface area contributed by atoms with Gasteiger partial charge in [-0.3, -0.25) is 9.59 Å². The van der Waals surface area contributed by atoms with Crippen LogP contribution in [-0.2, 0) is 11.2 Å². The van der Waals surface area contributed by atoms with Gasteiger partial charge in [0.05, 0.1) is 24.3 Å². The Bertz CT molecular complexity index is 1110. The number of fused-ring (bicyclic) bond motifs is 1. The van der Waals surface area contributed by atoms with Crippen molar-refractivity contribution in [2.75, 3.05) is 24.7 Å². The van der Waals surface area contributed by atoms with Gasteiger partial charge in [-0.15, -0.1) is 5.10 Å². The Labute approximate surface area is 172 Å². The molecule has 156 valence electrons. The van der Waals surface area contributed by atoms with Crippen molar-refractivity contribution in [3.8, 4) is 0 Å². The Morgan fingerprint density at radius 1 is 1.23 bits per heavy atom. The molecule has 4 N–H and O–H groups in total. The van der Waals surface area contributed by atoms with Crippen LogP contribution in [0.5, 0.6) is 0 Å². The standard InChI is InChI=1S/C20H22FN7O2/c1-22-15-9-17(25-13-6-4-3-5-11(13)7-18(29)23-2)27-28-16(10-24-19(15)28)20(30)26-14-8-12(14)21/h3-6,9-10,12,14,22H,7-8H2,1-2H3,(H,23,29)(H,25,27)(H,26,30)/t12-,14+/m0/s1. The average molecular weight is 411 g/mol. The second kappa shape index (κ2) is 7.97. The van der Waals surface area contributed by atoms with Crippen molar-refractivity contribution in [1.29, 1.82) is 0 Å². The second-order valence-corrected chi connectivity index (χ2v) is 7.04. The van der Waals surface area contributed by atoms with E-state index in [2.05, 4.69) is 31.3 Å². The van der Waals surface area contributed by atoms with Crippen LogP contribution >= 0.6 is 0 Å². The summed E-state index contributed by atoms with van der Waals surface area (Å²) in [5.74, 6) is -0.0826. The minimum absolute atomic E-state index is 0.108. The zero-order chi connectivity index (χ0) is 21.3. The summed E-state index contributed by atoms with van der Waals surface area (Å²) in [4.78, 5) is 28.6. The largest absolute Gasteiger partial charge is 0.385 e. The van der Waals surface area contributed by atoms with Gasteiger partial charge in [0, 0.05) is 32.3 Å². The lowest BCUT2D eigenvalue weighted by molar-refractivity contribution is -0.119. The average Bonchev–Trinajstić information content (AvgIpc) is 3.26. The molecule has 1 saturated carbocycles. The number of nitrogens with one attached hydrogen (secondary N) is 4. The van der Waals surface area contributed by atoms with Gasteiger partial charge in [0.15, 0.2) is 17.2 Å². The summed E-state index contributed by atoms with van der Waals surface area (Å²) in [5.41, 5.74) is 2.86. The van der Waals surface area contributed by atoms with Crippen LogP contribution < -0.4 is 21.3 Å². The van der Waals surface area contributed by atoms with Crippen molar-refractivity contribution in [3.05, 3.63) is 47.8 Å². The lowest BCUT2D eigenvalue weighted by Gasteiger charge is -2.13. The van der Waals surface area contributed by atoms with Crippen molar-refractivity contribution in [2.45, 2.75) is 25.1 Å². The Hall–Kier alpha value is -3.69. The van der Waals surface area contributed by atoms with Gasteiger partial charge in [-0.05, 0) is 11.6 Å². The minimum atomic E-state index is -0.997. The molecule has 0 aliphatic heterocycles. The number of hydrogen-bond acceptors (Lipinski definition) is 6. The third-order valence-corrected chi connectivity index (χ3v) is 4.91. The topological polar surface area (TPSA) is 112 Å². The molecule has 3 aromatic rings. The van der Waals surface area contributed by atoms with Crippen molar-refractivity contribution in [3.63, 3.8) is 0 Å². The van der Waals surface area contributed by atoms with Crippen molar-refractivity contribution >= 4 is 34.7 Å². The number of amides is 2. The SMILES string of the molecule is CNC(=O)Cc1ccccc1Nc1cc(NC)c2ncc(C(=O)N[C@@H]3C[C@@H]3F)n2n1. The molecule has 0 radical (unpaired) electrons. The molecule has 0 saturated heterocycles. The maximum Gasteiger partial charge on any atom is 0.271 e.